The van der Waals surface area contributed by atoms with Crippen LogP contribution >= 0.6 is 0 Å². The van der Waals surface area contributed by atoms with Crippen molar-refractivity contribution < 1.29 is 14.7 Å². The van der Waals surface area contributed by atoms with Crippen LogP contribution < -0.4 is 10.6 Å². The number of carboxylic acid groups (broad SMARTS) is 1. The molecule has 0 radical (unpaired) electrons. The van der Waals surface area contributed by atoms with Crippen molar-refractivity contribution in [2.45, 2.75) is 25.8 Å². The van der Waals surface area contributed by atoms with Gasteiger partial charge in [0.1, 0.15) is 0 Å². The maximum Gasteiger partial charge on any atom is 0.319 e. The van der Waals surface area contributed by atoms with E-state index in [4.69, 9.17) is 5.11 Å². The number of hydrogen-bond acceptors (Lipinski definition) is 2. The van der Waals surface area contributed by atoms with Crippen LogP contribution in [-0.2, 0) is 4.79 Å². The molecule has 0 bridgehead atoms. The van der Waals surface area contributed by atoms with Gasteiger partial charge < -0.3 is 15.7 Å². The molecule has 0 heterocycles. The average Bonchev–Trinajstić information content (AvgIpc) is 2.45. The summed E-state index contributed by atoms with van der Waals surface area (Å²) in [5.41, 5.74) is 0.705. The average molecular weight is 286 g/mol. The minimum absolute atomic E-state index is 0.0391. The van der Waals surface area contributed by atoms with Crippen molar-refractivity contribution in [2.24, 2.45) is 0 Å². The second-order valence-electron chi connectivity index (χ2n) is 4.99. The molecule has 0 fully saturated rings. The van der Waals surface area contributed by atoms with Gasteiger partial charge in [-0.05, 0) is 36.2 Å². The highest BCUT2D eigenvalue weighted by molar-refractivity contribution is 5.93. The summed E-state index contributed by atoms with van der Waals surface area (Å²) in [7, 11) is 0. The lowest BCUT2D eigenvalue weighted by Gasteiger charge is -2.14. The summed E-state index contributed by atoms with van der Waals surface area (Å²) in [6.45, 7) is 1.78. The second-order valence-corrected chi connectivity index (χ2v) is 4.99. The van der Waals surface area contributed by atoms with Crippen LogP contribution in [0.2, 0.25) is 0 Å². The van der Waals surface area contributed by atoms with Gasteiger partial charge in [-0.2, -0.15) is 0 Å². The van der Waals surface area contributed by atoms with Crippen LogP contribution in [0.5, 0.6) is 0 Å². The smallest absolute Gasteiger partial charge is 0.319 e. The molecule has 0 aliphatic heterocycles. The maximum absolute atomic E-state index is 11.8. The Morgan fingerprint density at radius 1 is 1.14 bits per heavy atom. The van der Waals surface area contributed by atoms with Gasteiger partial charge in [0, 0.05) is 18.2 Å². The molecule has 0 saturated carbocycles. The highest BCUT2D eigenvalue weighted by atomic mass is 16.4. The van der Waals surface area contributed by atoms with E-state index in [1.807, 2.05) is 42.5 Å². The fourth-order valence-corrected chi connectivity index (χ4v) is 2.07. The Bertz CT molecular complexity index is 655. The molecule has 5 nitrogen and oxygen atoms in total. The Kier molecular flexibility index (Phi) is 4.77. The molecule has 2 aromatic carbocycles. The van der Waals surface area contributed by atoms with Crippen molar-refractivity contribution in [3.63, 3.8) is 0 Å². The standard InChI is InChI=1S/C16H18N2O3/c1-11(6-9-15(19)20)17-16(21)18-14-8-7-12-4-2-3-5-13(12)10-14/h2-5,7-8,10-11H,6,9H2,1H3,(H,19,20)(H2,17,18,21). The van der Waals surface area contributed by atoms with Crippen LogP contribution in [0, 0.1) is 0 Å². The predicted octanol–water partition coefficient (Wildman–Crippen LogP) is 3.21. The molecule has 110 valence electrons. The van der Waals surface area contributed by atoms with Crippen LogP contribution in [0.25, 0.3) is 10.8 Å². The first kappa shape index (κ1) is 14.8. The van der Waals surface area contributed by atoms with Crippen LogP contribution in [0.1, 0.15) is 19.8 Å². The minimum atomic E-state index is -0.862. The number of anilines is 1. The molecular formula is C16H18N2O3. The highest BCUT2D eigenvalue weighted by Crippen LogP contribution is 2.18. The highest BCUT2D eigenvalue weighted by Gasteiger charge is 2.09. The number of fused-ring (bicyclic) bond motifs is 1. The Morgan fingerprint density at radius 3 is 2.57 bits per heavy atom. The van der Waals surface area contributed by atoms with Crippen LogP contribution in [0.3, 0.4) is 0 Å². The van der Waals surface area contributed by atoms with E-state index in [0.717, 1.165) is 10.8 Å². The third-order valence-corrected chi connectivity index (χ3v) is 3.18. The topological polar surface area (TPSA) is 78.4 Å². The first-order valence-electron chi connectivity index (χ1n) is 6.83. The van der Waals surface area contributed by atoms with Crippen molar-refractivity contribution in [3.8, 4) is 0 Å². The zero-order chi connectivity index (χ0) is 15.2. The van der Waals surface area contributed by atoms with Gasteiger partial charge in [0.2, 0.25) is 0 Å². The monoisotopic (exact) mass is 286 g/mol. The van der Waals surface area contributed by atoms with Gasteiger partial charge in [0.25, 0.3) is 0 Å². The number of urea groups is 1. The lowest BCUT2D eigenvalue weighted by molar-refractivity contribution is -0.137. The van der Waals surface area contributed by atoms with Crippen LogP contribution in [-0.4, -0.2) is 23.1 Å². The molecule has 0 aliphatic carbocycles. The lowest BCUT2D eigenvalue weighted by Crippen LogP contribution is -2.36. The third kappa shape index (κ3) is 4.49. The summed E-state index contributed by atoms with van der Waals surface area (Å²) in [5.74, 6) is -0.862. The van der Waals surface area contributed by atoms with Crippen molar-refractivity contribution in [1.82, 2.24) is 5.32 Å². The molecule has 0 aromatic heterocycles. The zero-order valence-corrected chi connectivity index (χ0v) is 11.8. The fraction of sp³-hybridized carbons (Fsp3) is 0.250. The van der Waals surface area contributed by atoms with Crippen molar-refractivity contribution in [2.75, 3.05) is 5.32 Å². The largest absolute Gasteiger partial charge is 0.481 e. The number of benzene rings is 2. The number of carbonyl (C=O) groups excluding carboxylic acids is 1. The maximum atomic E-state index is 11.8. The fourth-order valence-electron chi connectivity index (χ4n) is 2.07. The molecule has 5 heteroatoms. The summed E-state index contributed by atoms with van der Waals surface area (Å²) in [6, 6.07) is 13.1. The lowest BCUT2D eigenvalue weighted by atomic mass is 10.1. The summed E-state index contributed by atoms with van der Waals surface area (Å²) in [5, 5.41) is 16.2. The molecule has 0 aliphatic rings. The van der Waals surface area contributed by atoms with Gasteiger partial charge in [0.15, 0.2) is 0 Å². The first-order chi connectivity index (χ1) is 10.0. The Labute approximate surface area is 123 Å². The Balaban J connectivity index is 1.93. The van der Waals surface area contributed by atoms with Crippen LogP contribution in [0.4, 0.5) is 10.5 Å². The Hall–Kier alpha value is -2.56. The number of carboxylic acids is 1. The quantitative estimate of drug-likeness (QED) is 0.789. The number of rotatable bonds is 5. The zero-order valence-electron chi connectivity index (χ0n) is 11.8. The van der Waals surface area contributed by atoms with Gasteiger partial charge in [0.05, 0.1) is 0 Å². The van der Waals surface area contributed by atoms with Crippen molar-refractivity contribution in [1.29, 1.82) is 0 Å². The third-order valence-electron chi connectivity index (χ3n) is 3.18. The number of carbonyl (C=O) groups is 2. The van der Waals surface area contributed by atoms with Gasteiger partial charge in [-0.15, -0.1) is 0 Å². The van der Waals surface area contributed by atoms with E-state index >= 15 is 0 Å². The van der Waals surface area contributed by atoms with Crippen molar-refractivity contribution >= 4 is 28.5 Å². The molecule has 2 rings (SSSR count). The molecule has 2 aromatic rings. The Morgan fingerprint density at radius 2 is 1.86 bits per heavy atom. The predicted molar refractivity (Wildman–Crippen MR) is 82.4 cm³/mol. The SMILES string of the molecule is CC(CCC(=O)O)NC(=O)Nc1ccc2ccccc2c1. The molecule has 0 saturated heterocycles. The van der Waals surface area contributed by atoms with E-state index in [0.29, 0.717) is 12.1 Å². The summed E-state index contributed by atoms with van der Waals surface area (Å²) < 4.78 is 0. The van der Waals surface area contributed by atoms with Gasteiger partial charge in [-0.25, -0.2) is 4.79 Å². The molecule has 1 unspecified atom stereocenters. The van der Waals surface area contributed by atoms with Crippen molar-refractivity contribution in [3.05, 3.63) is 42.5 Å². The molecule has 0 spiro atoms. The number of aliphatic carboxylic acids is 1. The molecule has 2 amide bonds. The van der Waals surface area contributed by atoms with E-state index in [1.54, 1.807) is 6.92 Å². The molecule has 1 atom stereocenters. The van der Waals surface area contributed by atoms with E-state index in [9.17, 15) is 9.59 Å². The summed E-state index contributed by atoms with van der Waals surface area (Å²) >= 11 is 0. The van der Waals surface area contributed by atoms with E-state index in [1.165, 1.54) is 0 Å². The molecular weight excluding hydrogens is 268 g/mol. The summed E-state index contributed by atoms with van der Waals surface area (Å²) in [4.78, 5) is 22.3. The van der Waals surface area contributed by atoms with Gasteiger partial charge in [-0.3, -0.25) is 4.79 Å². The number of nitrogens with one attached hydrogen (secondary N) is 2. The second kappa shape index (κ2) is 6.74. The number of amides is 2. The molecule has 3 N–H and O–H groups in total. The van der Waals surface area contributed by atoms with Gasteiger partial charge >= 0.3 is 12.0 Å². The van der Waals surface area contributed by atoms with Gasteiger partial charge in [-0.1, -0.05) is 30.3 Å². The summed E-state index contributed by atoms with van der Waals surface area (Å²) in [6.07, 6.45) is 0.442. The van der Waals surface area contributed by atoms with E-state index in [2.05, 4.69) is 10.6 Å². The first-order valence-corrected chi connectivity index (χ1v) is 6.83. The van der Waals surface area contributed by atoms with E-state index < -0.39 is 5.97 Å². The minimum Gasteiger partial charge on any atom is -0.481 e. The normalized spacial score (nSPS) is 11.9. The molecule has 21 heavy (non-hydrogen) atoms. The van der Waals surface area contributed by atoms with E-state index in [-0.39, 0.29) is 18.5 Å². The number of hydrogen-bond donors (Lipinski definition) is 3. The van der Waals surface area contributed by atoms with Crippen LogP contribution in [0.15, 0.2) is 42.5 Å².